The van der Waals surface area contributed by atoms with Crippen LogP contribution in [0, 0.1) is 5.82 Å². The fourth-order valence-corrected chi connectivity index (χ4v) is 4.26. The molecule has 0 aliphatic heterocycles. The average Bonchev–Trinajstić information content (AvgIpc) is 2.84. The number of nitrogens with zero attached hydrogens (tertiary/aromatic N) is 1. The minimum atomic E-state index is -0.837. The number of nitrogens with one attached hydrogen (secondary N) is 1. The number of halogens is 4. The highest BCUT2D eigenvalue weighted by Gasteiger charge is 2.31. The zero-order valence-electron chi connectivity index (χ0n) is 19.2. The van der Waals surface area contributed by atoms with Gasteiger partial charge in [0.15, 0.2) is 0 Å². The maximum absolute atomic E-state index is 14.5. The van der Waals surface area contributed by atoms with Gasteiger partial charge >= 0.3 is 0 Å². The lowest BCUT2D eigenvalue weighted by Crippen LogP contribution is -2.51. The molecule has 1 N–H and O–H groups in total. The van der Waals surface area contributed by atoms with Gasteiger partial charge in [0, 0.05) is 30.1 Å². The van der Waals surface area contributed by atoms with Crippen molar-refractivity contribution < 1.29 is 14.0 Å². The number of carbonyl (C=O) groups excluding carboxylic acids is 2. The quantitative estimate of drug-likeness (QED) is 0.322. The van der Waals surface area contributed by atoms with Crippen molar-refractivity contribution in [2.24, 2.45) is 0 Å². The van der Waals surface area contributed by atoms with Crippen LogP contribution in [0.1, 0.15) is 30.0 Å². The molecule has 0 aromatic heterocycles. The van der Waals surface area contributed by atoms with E-state index in [0.29, 0.717) is 22.2 Å². The van der Waals surface area contributed by atoms with E-state index in [2.05, 4.69) is 5.32 Å². The number of amides is 2. The van der Waals surface area contributed by atoms with E-state index in [1.165, 1.54) is 23.1 Å². The lowest BCUT2D eigenvalue weighted by molar-refractivity contribution is -0.140. The van der Waals surface area contributed by atoms with Gasteiger partial charge in [-0.2, -0.15) is 0 Å². The molecule has 3 aromatic carbocycles. The van der Waals surface area contributed by atoms with Gasteiger partial charge in [0.1, 0.15) is 11.9 Å². The molecule has 0 heterocycles. The molecule has 0 aliphatic carbocycles. The van der Waals surface area contributed by atoms with Gasteiger partial charge in [0.25, 0.3) is 0 Å². The summed E-state index contributed by atoms with van der Waals surface area (Å²) in [5, 5.41) is 3.78. The van der Waals surface area contributed by atoms with E-state index in [4.69, 9.17) is 34.8 Å². The molecule has 1 atom stereocenters. The Morgan fingerprint density at radius 3 is 2.31 bits per heavy atom. The monoisotopic (exact) mass is 534 g/mol. The molecule has 0 saturated carbocycles. The van der Waals surface area contributed by atoms with E-state index in [1.807, 2.05) is 37.3 Å². The summed E-state index contributed by atoms with van der Waals surface area (Å²) >= 11 is 18.5. The summed E-state index contributed by atoms with van der Waals surface area (Å²) in [6.07, 6.45) is 0.739. The van der Waals surface area contributed by atoms with Gasteiger partial charge in [0.2, 0.25) is 11.8 Å². The normalized spacial score (nSPS) is 11.7. The smallest absolute Gasteiger partial charge is 0.243 e. The van der Waals surface area contributed by atoms with Gasteiger partial charge in [-0.15, -0.1) is 0 Å². The van der Waals surface area contributed by atoms with Gasteiger partial charge in [-0.05, 0) is 41.8 Å². The molecule has 0 fully saturated rings. The third-order valence-electron chi connectivity index (χ3n) is 5.55. The van der Waals surface area contributed by atoms with E-state index < -0.39 is 17.8 Å². The lowest BCUT2D eigenvalue weighted by atomic mass is 10.0. The predicted octanol–water partition coefficient (Wildman–Crippen LogP) is 6.49. The molecule has 184 valence electrons. The minimum Gasteiger partial charge on any atom is -0.354 e. The Morgan fingerprint density at radius 2 is 1.66 bits per heavy atom. The first-order valence-electron chi connectivity index (χ1n) is 11.3. The van der Waals surface area contributed by atoms with Crippen molar-refractivity contribution in [1.82, 2.24) is 10.2 Å². The number of hydrogen-bond donors (Lipinski definition) is 1. The Hall–Kier alpha value is -2.60. The maximum atomic E-state index is 14.5. The van der Waals surface area contributed by atoms with Crippen molar-refractivity contribution in [3.8, 4) is 0 Å². The molecule has 0 saturated heterocycles. The molecular formula is C27H26Cl3FN2O2. The Morgan fingerprint density at radius 1 is 0.914 bits per heavy atom. The summed E-state index contributed by atoms with van der Waals surface area (Å²) in [7, 11) is 0. The highest BCUT2D eigenvalue weighted by molar-refractivity contribution is 6.42. The van der Waals surface area contributed by atoms with Crippen LogP contribution in [-0.4, -0.2) is 29.3 Å². The van der Waals surface area contributed by atoms with Gasteiger partial charge in [-0.25, -0.2) is 4.39 Å². The topological polar surface area (TPSA) is 49.4 Å². The zero-order valence-corrected chi connectivity index (χ0v) is 21.5. The minimum absolute atomic E-state index is 0.0822. The van der Waals surface area contributed by atoms with Gasteiger partial charge < -0.3 is 10.2 Å². The lowest BCUT2D eigenvalue weighted by Gasteiger charge is -2.32. The van der Waals surface area contributed by atoms with Crippen LogP contribution in [-0.2, 0) is 29.0 Å². The third kappa shape index (κ3) is 7.44. The number of carbonyl (C=O) groups is 2. The summed E-state index contributed by atoms with van der Waals surface area (Å²) in [6.45, 7) is 2.50. The fourth-order valence-electron chi connectivity index (χ4n) is 3.71. The van der Waals surface area contributed by atoms with Crippen LogP contribution >= 0.6 is 34.8 Å². The van der Waals surface area contributed by atoms with Crippen molar-refractivity contribution in [2.45, 2.75) is 38.8 Å². The molecule has 0 aliphatic rings. The first kappa shape index (κ1) is 27.0. The maximum Gasteiger partial charge on any atom is 0.243 e. The van der Waals surface area contributed by atoms with Crippen LogP contribution in [0.3, 0.4) is 0 Å². The Labute approximate surface area is 220 Å². The van der Waals surface area contributed by atoms with Gasteiger partial charge in [-0.1, -0.05) is 84.2 Å². The third-order valence-corrected chi connectivity index (χ3v) is 6.64. The van der Waals surface area contributed by atoms with Gasteiger partial charge in [0.05, 0.1) is 16.5 Å². The van der Waals surface area contributed by atoms with Crippen molar-refractivity contribution in [2.75, 3.05) is 6.54 Å². The van der Waals surface area contributed by atoms with E-state index in [9.17, 15) is 14.0 Å². The van der Waals surface area contributed by atoms with E-state index in [1.54, 1.807) is 18.2 Å². The SMILES string of the molecule is CCCNC(=O)[C@H](Cc1ccccc1)N(Cc1ccc(Cl)c(Cl)c1)C(=O)Cc1c(F)cccc1Cl. The van der Waals surface area contributed by atoms with Crippen LogP contribution in [0.4, 0.5) is 4.39 Å². The average molecular weight is 536 g/mol. The molecule has 0 spiro atoms. The number of hydrogen-bond acceptors (Lipinski definition) is 2. The first-order valence-corrected chi connectivity index (χ1v) is 12.4. The van der Waals surface area contributed by atoms with Crippen molar-refractivity contribution in [3.05, 3.63) is 104 Å². The molecule has 2 amide bonds. The first-order chi connectivity index (χ1) is 16.8. The van der Waals surface area contributed by atoms with Crippen LogP contribution < -0.4 is 5.32 Å². The molecular weight excluding hydrogens is 510 g/mol. The molecule has 4 nitrogen and oxygen atoms in total. The summed E-state index contributed by atoms with van der Waals surface area (Å²) < 4.78 is 14.5. The van der Waals surface area contributed by atoms with Crippen LogP contribution in [0.5, 0.6) is 0 Å². The Balaban J connectivity index is 2.01. The molecule has 8 heteroatoms. The van der Waals surface area contributed by atoms with Crippen molar-refractivity contribution in [1.29, 1.82) is 0 Å². The highest BCUT2D eigenvalue weighted by atomic mass is 35.5. The van der Waals surface area contributed by atoms with Crippen LogP contribution in [0.25, 0.3) is 0 Å². The summed E-state index contributed by atoms with van der Waals surface area (Å²) in [5.74, 6) is -1.30. The van der Waals surface area contributed by atoms with Crippen molar-refractivity contribution in [3.63, 3.8) is 0 Å². The summed E-state index contributed by atoms with van der Waals surface area (Å²) in [5.41, 5.74) is 1.67. The number of benzene rings is 3. The highest BCUT2D eigenvalue weighted by Crippen LogP contribution is 2.26. The van der Waals surface area contributed by atoms with Crippen molar-refractivity contribution >= 4 is 46.6 Å². The second kappa shape index (κ2) is 12.9. The largest absolute Gasteiger partial charge is 0.354 e. The molecule has 0 bridgehead atoms. The predicted molar refractivity (Wildman–Crippen MR) is 139 cm³/mol. The molecule has 3 aromatic rings. The summed E-state index contributed by atoms with van der Waals surface area (Å²) in [6, 6.07) is 17.9. The second-order valence-corrected chi connectivity index (χ2v) is 9.37. The summed E-state index contributed by atoms with van der Waals surface area (Å²) in [4.78, 5) is 28.4. The fraction of sp³-hybridized carbons (Fsp3) is 0.259. The zero-order chi connectivity index (χ0) is 25.4. The standard InChI is InChI=1S/C27H26Cl3FN2O2/c1-2-13-32-27(35)25(15-18-7-4-3-5-8-18)33(17-19-11-12-22(29)23(30)14-19)26(34)16-20-21(28)9-6-10-24(20)31/h3-12,14,25H,2,13,15-17H2,1H3,(H,32,35)/t25-/m0/s1. The Kier molecular flexibility index (Phi) is 9.96. The Bertz CT molecular complexity index is 1150. The van der Waals surface area contributed by atoms with Crippen LogP contribution in [0.15, 0.2) is 66.7 Å². The molecule has 3 rings (SSSR count). The van der Waals surface area contributed by atoms with E-state index >= 15 is 0 Å². The van der Waals surface area contributed by atoms with Crippen LogP contribution in [0.2, 0.25) is 15.1 Å². The van der Waals surface area contributed by atoms with E-state index in [0.717, 1.165) is 12.0 Å². The second-order valence-electron chi connectivity index (χ2n) is 8.14. The molecule has 0 radical (unpaired) electrons. The number of rotatable bonds is 10. The molecule has 0 unspecified atom stereocenters. The molecule has 35 heavy (non-hydrogen) atoms. The van der Waals surface area contributed by atoms with Gasteiger partial charge in [-0.3, -0.25) is 9.59 Å². The van der Waals surface area contributed by atoms with E-state index in [-0.39, 0.29) is 35.9 Å².